The molecule has 0 saturated carbocycles. The topological polar surface area (TPSA) is 75.8 Å². The van der Waals surface area contributed by atoms with E-state index in [1.165, 1.54) is 6.07 Å². The Hall–Kier alpha value is -3.84. The van der Waals surface area contributed by atoms with Gasteiger partial charge in [-0.25, -0.2) is 14.4 Å². The first-order chi connectivity index (χ1) is 16.0. The van der Waals surface area contributed by atoms with Gasteiger partial charge in [0.05, 0.1) is 29.2 Å². The van der Waals surface area contributed by atoms with Crippen molar-refractivity contribution in [2.75, 3.05) is 24.0 Å². The summed E-state index contributed by atoms with van der Waals surface area (Å²) in [6.45, 7) is 2.42. The Morgan fingerprint density at radius 2 is 1.97 bits per heavy atom. The zero-order valence-electron chi connectivity index (χ0n) is 18.1. The maximum atomic E-state index is 14.5. The van der Waals surface area contributed by atoms with Gasteiger partial charge in [-0.05, 0) is 48.9 Å². The Bertz CT molecular complexity index is 1420. The predicted molar refractivity (Wildman–Crippen MR) is 132 cm³/mol. The number of hydrogen-bond donors (Lipinski definition) is 2. The summed E-state index contributed by atoms with van der Waals surface area (Å²) in [6.07, 6.45) is 1.70. The van der Waals surface area contributed by atoms with Gasteiger partial charge in [0.1, 0.15) is 24.1 Å². The van der Waals surface area contributed by atoms with Crippen molar-refractivity contribution in [3.63, 3.8) is 0 Å². The molecule has 33 heavy (non-hydrogen) atoms. The van der Waals surface area contributed by atoms with E-state index in [2.05, 4.69) is 20.2 Å². The minimum Gasteiger partial charge on any atom is -0.497 e. The number of nitrogens with zero attached hydrogens (tertiary/aromatic N) is 3. The molecule has 166 valence electrons. The monoisotopic (exact) mass is 461 g/mol. The van der Waals surface area contributed by atoms with Crippen LogP contribution in [0.15, 0.2) is 65.8 Å². The number of nitrogens with two attached hydrogens (primary N) is 1. The van der Waals surface area contributed by atoms with Crippen molar-refractivity contribution >= 4 is 51.1 Å². The van der Waals surface area contributed by atoms with E-state index in [-0.39, 0.29) is 10.7 Å². The third-order valence-corrected chi connectivity index (χ3v) is 6.04. The summed E-state index contributed by atoms with van der Waals surface area (Å²) in [5, 5.41) is 4.94. The number of anilines is 4. The summed E-state index contributed by atoms with van der Waals surface area (Å²) in [5.41, 5.74) is 10.2. The number of methoxy groups -OCH3 is 1. The van der Waals surface area contributed by atoms with Gasteiger partial charge in [-0.15, -0.1) is 0 Å². The molecule has 6 nitrogen and oxygen atoms in total. The molecule has 0 amide bonds. The Morgan fingerprint density at radius 1 is 1.12 bits per heavy atom. The number of rotatable bonds is 4. The molecule has 0 aliphatic carbocycles. The molecule has 3 N–H and O–H groups in total. The molecule has 0 fully saturated rings. The van der Waals surface area contributed by atoms with Crippen LogP contribution in [0.4, 0.5) is 27.3 Å². The van der Waals surface area contributed by atoms with E-state index in [1.807, 2.05) is 43.3 Å². The lowest BCUT2D eigenvalue weighted by Crippen LogP contribution is -2.30. The number of pyridine rings is 1. The third kappa shape index (κ3) is 3.60. The van der Waals surface area contributed by atoms with Crippen LogP contribution in [0.2, 0.25) is 5.02 Å². The lowest BCUT2D eigenvalue weighted by Gasteiger charge is -2.31. The Labute approximate surface area is 195 Å². The summed E-state index contributed by atoms with van der Waals surface area (Å²) in [4.78, 5) is 11.1. The van der Waals surface area contributed by atoms with E-state index in [1.54, 1.807) is 25.4 Å². The molecule has 5 rings (SSSR count). The number of aromatic nitrogens is 1. The normalized spacial score (nSPS) is 13.0. The molecule has 8 heteroatoms. The number of fused-ring (bicyclic) bond motifs is 2. The highest BCUT2D eigenvalue weighted by Crippen LogP contribution is 2.41. The lowest BCUT2D eigenvalue weighted by atomic mass is 10.0. The molecule has 0 spiro atoms. The summed E-state index contributed by atoms with van der Waals surface area (Å²) >= 11 is 5.95. The fourth-order valence-electron chi connectivity index (χ4n) is 4.12. The molecule has 0 radical (unpaired) electrons. The van der Waals surface area contributed by atoms with Crippen LogP contribution < -0.4 is 20.7 Å². The molecule has 1 aromatic heterocycles. The molecular formula is C25H21ClFN5O. The van der Waals surface area contributed by atoms with E-state index >= 15 is 0 Å². The van der Waals surface area contributed by atoms with Gasteiger partial charge in [-0.1, -0.05) is 29.8 Å². The third-order valence-electron chi connectivity index (χ3n) is 5.75. The Balaban J connectivity index is 1.66. The SMILES string of the molecule is COc1ccc2c(c1)C(N)=NCN2c1c(C)ccc2c(Nc3cccc(Cl)c3F)nccc12. The smallest absolute Gasteiger partial charge is 0.165 e. The molecule has 1 aliphatic heterocycles. The number of nitrogens with one attached hydrogen (secondary N) is 1. The van der Waals surface area contributed by atoms with Crippen LogP contribution in [0.1, 0.15) is 11.1 Å². The van der Waals surface area contributed by atoms with Crippen LogP contribution in [0.3, 0.4) is 0 Å². The van der Waals surface area contributed by atoms with Crippen molar-refractivity contribution in [2.24, 2.45) is 10.7 Å². The van der Waals surface area contributed by atoms with Gasteiger partial charge < -0.3 is 20.7 Å². The van der Waals surface area contributed by atoms with Crippen LogP contribution in [-0.4, -0.2) is 24.6 Å². The molecule has 0 unspecified atom stereocenters. The Kier molecular flexibility index (Phi) is 5.26. The van der Waals surface area contributed by atoms with Crippen molar-refractivity contribution in [3.8, 4) is 5.75 Å². The summed E-state index contributed by atoms with van der Waals surface area (Å²) in [5.74, 6) is 1.19. The molecule has 1 aliphatic rings. The van der Waals surface area contributed by atoms with Gasteiger partial charge in [0.15, 0.2) is 5.82 Å². The van der Waals surface area contributed by atoms with Gasteiger partial charge in [-0.3, -0.25) is 0 Å². The van der Waals surface area contributed by atoms with Crippen molar-refractivity contribution < 1.29 is 9.13 Å². The second-order valence-corrected chi connectivity index (χ2v) is 8.12. The number of ether oxygens (including phenoxy) is 1. The fourth-order valence-corrected chi connectivity index (χ4v) is 4.29. The first kappa shape index (κ1) is 21.0. The van der Waals surface area contributed by atoms with Gasteiger partial charge in [0.25, 0.3) is 0 Å². The van der Waals surface area contributed by atoms with E-state index in [0.717, 1.165) is 33.3 Å². The van der Waals surface area contributed by atoms with Crippen LogP contribution in [-0.2, 0) is 0 Å². The van der Waals surface area contributed by atoms with Crippen LogP contribution in [0.25, 0.3) is 10.8 Å². The molecule has 3 aromatic carbocycles. The van der Waals surface area contributed by atoms with Crippen molar-refractivity contribution in [3.05, 3.63) is 82.8 Å². The lowest BCUT2D eigenvalue weighted by molar-refractivity contribution is 0.414. The van der Waals surface area contributed by atoms with Crippen LogP contribution >= 0.6 is 11.6 Å². The molecule has 2 heterocycles. The van der Waals surface area contributed by atoms with Crippen molar-refractivity contribution in [2.45, 2.75) is 6.92 Å². The highest BCUT2D eigenvalue weighted by molar-refractivity contribution is 6.31. The number of aliphatic imine (C=N–C) groups is 1. The van der Waals surface area contributed by atoms with Crippen molar-refractivity contribution in [1.82, 2.24) is 4.98 Å². The predicted octanol–water partition coefficient (Wildman–Crippen LogP) is 5.90. The van der Waals surface area contributed by atoms with E-state index in [9.17, 15) is 4.39 Å². The summed E-state index contributed by atoms with van der Waals surface area (Å²) in [6, 6.07) is 16.5. The highest BCUT2D eigenvalue weighted by atomic mass is 35.5. The van der Waals surface area contributed by atoms with Gasteiger partial charge in [-0.2, -0.15) is 0 Å². The average molecular weight is 462 g/mol. The van der Waals surface area contributed by atoms with E-state index in [0.29, 0.717) is 24.1 Å². The van der Waals surface area contributed by atoms with E-state index < -0.39 is 5.82 Å². The maximum Gasteiger partial charge on any atom is 0.165 e. The Morgan fingerprint density at radius 3 is 2.79 bits per heavy atom. The number of amidine groups is 1. The second kappa shape index (κ2) is 8.26. The quantitative estimate of drug-likeness (QED) is 0.395. The summed E-state index contributed by atoms with van der Waals surface area (Å²) in [7, 11) is 1.62. The minimum atomic E-state index is -0.519. The van der Waals surface area contributed by atoms with Gasteiger partial charge >= 0.3 is 0 Å². The molecule has 0 saturated heterocycles. The second-order valence-electron chi connectivity index (χ2n) is 7.71. The number of aryl methyl sites for hydroxylation is 1. The van der Waals surface area contributed by atoms with Crippen LogP contribution in [0.5, 0.6) is 5.75 Å². The standard InChI is InChI=1S/C25H21ClFN5O/c1-14-6-8-17-16(10-11-29-25(17)31-20-5-3-4-19(26)22(20)27)23(14)32-13-30-24(28)18-12-15(33-2)7-9-21(18)32/h3-12H,13H2,1-2H3,(H2,28,30)(H,29,31). The minimum absolute atomic E-state index is 0.0487. The number of hydrogen-bond acceptors (Lipinski definition) is 6. The number of halogens is 2. The first-order valence-corrected chi connectivity index (χ1v) is 10.7. The highest BCUT2D eigenvalue weighted by Gasteiger charge is 2.24. The molecular weight excluding hydrogens is 441 g/mol. The van der Waals surface area contributed by atoms with E-state index in [4.69, 9.17) is 22.1 Å². The average Bonchev–Trinajstić information content (AvgIpc) is 2.83. The zero-order chi connectivity index (χ0) is 23.1. The maximum absolute atomic E-state index is 14.5. The fraction of sp³-hybridized carbons (Fsp3) is 0.120. The van der Waals surface area contributed by atoms with Crippen molar-refractivity contribution in [1.29, 1.82) is 0 Å². The van der Waals surface area contributed by atoms with Gasteiger partial charge in [0, 0.05) is 22.5 Å². The molecule has 0 bridgehead atoms. The molecule has 4 aromatic rings. The largest absolute Gasteiger partial charge is 0.497 e. The zero-order valence-corrected chi connectivity index (χ0v) is 18.8. The first-order valence-electron chi connectivity index (χ1n) is 10.3. The molecule has 0 atom stereocenters. The van der Waals surface area contributed by atoms with Crippen LogP contribution in [0, 0.1) is 12.7 Å². The van der Waals surface area contributed by atoms with Gasteiger partial charge in [0.2, 0.25) is 0 Å². The summed E-state index contributed by atoms with van der Waals surface area (Å²) < 4.78 is 19.9. The number of benzene rings is 3.